The standard InChI is InChI=1S/C15H22FN/c1-2-11-17-15(10-9-12-7-8-12)13-5-3-4-6-14(13)16/h3-6,12,15,17H,2,7-11H2,1H3. The molecule has 1 fully saturated rings. The summed E-state index contributed by atoms with van der Waals surface area (Å²) in [4.78, 5) is 0. The molecule has 0 heterocycles. The number of halogens is 1. The van der Waals surface area contributed by atoms with Crippen LogP contribution < -0.4 is 5.32 Å². The predicted molar refractivity (Wildman–Crippen MR) is 69.4 cm³/mol. The van der Waals surface area contributed by atoms with E-state index in [9.17, 15) is 4.39 Å². The van der Waals surface area contributed by atoms with Crippen molar-refractivity contribution < 1.29 is 4.39 Å². The van der Waals surface area contributed by atoms with Gasteiger partial charge in [0.1, 0.15) is 5.82 Å². The fraction of sp³-hybridized carbons (Fsp3) is 0.600. The van der Waals surface area contributed by atoms with Crippen LogP contribution in [0, 0.1) is 11.7 Å². The maximum Gasteiger partial charge on any atom is 0.127 e. The van der Waals surface area contributed by atoms with Gasteiger partial charge < -0.3 is 5.32 Å². The minimum Gasteiger partial charge on any atom is -0.310 e. The van der Waals surface area contributed by atoms with Crippen LogP contribution in [0.15, 0.2) is 24.3 Å². The third-order valence-electron chi connectivity index (χ3n) is 3.48. The lowest BCUT2D eigenvalue weighted by Gasteiger charge is -2.19. The molecule has 0 radical (unpaired) electrons. The van der Waals surface area contributed by atoms with E-state index in [1.807, 2.05) is 12.1 Å². The number of rotatable bonds is 7. The first-order valence-corrected chi connectivity index (χ1v) is 6.79. The van der Waals surface area contributed by atoms with Crippen LogP contribution in [0.4, 0.5) is 4.39 Å². The summed E-state index contributed by atoms with van der Waals surface area (Å²) in [6.07, 6.45) is 6.13. The Balaban J connectivity index is 1.99. The first kappa shape index (κ1) is 12.6. The van der Waals surface area contributed by atoms with E-state index in [0.717, 1.165) is 30.9 Å². The lowest BCUT2D eigenvalue weighted by atomic mass is 10.00. The molecule has 0 aromatic heterocycles. The lowest BCUT2D eigenvalue weighted by molar-refractivity contribution is 0.450. The predicted octanol–water partition coefficient (Wildman–Crippen LogP) is 4.06. The summed E-state index contributed by atoms with van der Waals surface area (Å²) in [6.45, 7) is 3.11. The molecule has 1 aromatic rings. The summed E-state index contributed by atoms with van der Waals surface area (Å²) < 4.78 is 13.8. The maximum absolute atomic E-state index is 13.8. The second-order valence-corrected chi connectivity index (χ2v) is 5.05. The van der Waals surface area contributed by atoms with Gasteiger partial charge in [-0.05, 0) is 37.8 Å². The molecule has 1 aromatic carbocycles. The van der Waals surface area contributed by atoms with Crippen LogP contribution in [0.2, 0.25) is 0 Å². The second-order valence-electron chi connectivity index (χ2n) is 5.05. The summed E-state index contributed by atoms with van der Waals surface area (Å²) in [6, 6.07) is 7.35. The molecule has 2 rings (SSSR count). The zero-order valence-corrected chi connectivity index (χ0v) is 10.6. The molecule has 1 unspecified atom stereocenters. The minimum absolute atomic E-state index is 0.0723. The molecule has 0 aliphatic heterocycles. The van der Waals surface area contributed by atoms with Crippen molar-refractivity contribution in [1.82, 2.24) is 5.32 Å². The SMILES string of the molecule is CCCNC(CCC1CC1)c1ccccc1F. The van der Waals surface area contributed by atoms with Gasteiger partial charge in [0.15, 0.2) is 0 Å². The van der Waals surface area contributed by atoms with E-state index in [1.165, 1.54) is 19.3 Å². The van der Waals surface area contributed by atoms with Crippen LogP contribution in [-0.4, -0.2) is 6.54 Å². The summed E-state index contributed by atoms with van der Waals surface area (Å²) in [5, 5.41) is 3.47. The smallest absolute Gasteiger partial charge is 0.127 e. The third-order valence-corrected chi connectivity index (χ3v) is 3.48. The highest BCUT2D eigenvalue weighted by atomic mass is 19.1. The molecule has 0 saturated heterocycles. The molecule has 0 amide bonds. The summed E-state index contributed by atoms with van der Waals surface area (Å²) >= 11 is 0. The van der Waals surface area contributed by atoms with Gasteiger partial charge in [0.2, 0.25) is 0 Å². The molecule has 1 aliphatic rings. The van der Waals surface area contributed by atoms with E-state index >= 15 is 0 Å². The van der Waals surface area contributed by atoms with Crippen LogP contribution >= 0.6 is 0 Å². The van der Waals surface area contributed by atoms with Crippen molar-refractivity contribution in [3.63, 3.8) is 0 Å². The number of hydrogen-bond acceptors (Lipinski definition) is 1. The quantitative estimate of drug-likeness (QED) is 0.751. The molecule has 1 saturated carbocycles. The van der Waals surface area contributed by atoms with Crippen molar-refractivity contribution in [2.24, 2.45) is 5.92 Å². The highest BCUT2D eigenvalue weighted by Crippen LogP contribution is 2.36. The van der Waals surface area contributed by atoms with Crippen molar-refractivity contribution >= 4 is 0 Å². The van der Waals surface area contributed by atoms with Gasteiger partial charge >= 0.3 is 0 Å². The Hall–Kier alpha value is -0.890. The topological polar surface area (TPSA) is 12.0 Å². The van der Waals surface area contributed by atoms with Crippen LogP contribution in [0.5, 0.6) is 0 Å². The fourth-order valence-corrected chi connectivity index (χ4v) is 2.25. The molecular weight excluding hydrogens is 213 g/mol. The molecule has 2 heteroatoms. The van der Waals surface area contributed by atoms with Crippen molar-refractivity contribution in [3.8, 4) is 0 Å². The number of benzene rings is 1. The van der Waals surface area contributed by atoms with E-state index in [1.54, 1.807) is 12.1 Å². The van der Waals surface area contributed by atoms with E-state index in [4.69, 9.17) is 0 Å². The van der Waals surface area contributed by atoms with E-state index in [-0.39, 0.29) is 11.9 Å². The van der Waals surface area contributed by atoms with E-state index in [0.29, 0.717) is 0 Å². The van der Waals surface area contributed by atoms with Crippen LogP contribution in [0.1, 0.15) is 50.6 Å². The molecular formula is C15H22FN. The van der Waals surface area contributed by atoms with Crippen LogP contribution in [0.3, 0.4) is 0 Å². The zero-order chi connectivity index (χ0) is 12.1. The van der Waals surface area contributed by atoms with Crippen LogP contribution in [-0.2, 0) is 0 Å². The Morgan fingerprint density at radius 3 is 2.76 bits per heavy atom. The molecule has 1 N–H and O–H groups in total. The fourth-order valence-electron chi connectivity index (χ4n) is 2.25. The second kappa shape index (κ2) is 6.15. The van der Waals surface area contributed by atoms with Gasteiger partial charge in [0.25, 0.3) is 0 Å². The monoisotopic (exact) mass is 235 g/mol. The molecule has 0 spiro atoms. The largest absolute Gasteiger partial charge is 0.310 e. The van der Waals surface area contributed by atoms with Gasteiger partial charge in [0.05, 0.1) is 0 Å². The average molecular weight is 235 g/mol. The van der Waals surface area contributed by atoms with Gasteiger partial charge in [-0.2, -0.15) is 0 Å². The Labute approximate surface area is 103 Å². The Morgan fingerprint density at radius 1 is 1.35 bits per heavy atom. The Bertz CT molecular complexity index is 347. The summed E-state index contributed by atoms with van der Waals surface area (Å²) in [7, 11) is 0. The minimum atomic E-state index is -0.0723. The van der Waals surface area contributed by atoms with Crippen molar-refractivity contribution in [1.29, 1.82) is 0 Å². The van der Waals surface area contributed by atoms with Crippen LogP contribution in [0.25, 0.3) is 0 Å². The molecule has 94 valence electrons. The van der Waals surface area contributed by atoms with E-state index < -0.39 is 0 Å². The third kappa shape index (κ3) is 3.81. The summed E-state index contributed by atoms with van der Waals surface area (Å²) in [5.41, 5.74) is 0.835. The lowest BCUT2D eigenvalue weighted by Crippen LogP contribution is -2.23. The van der Waals surface area contributed by atoms with Gasteiger partial charge in [0, 0.05) is 11.6 Å². The first-order chi connectivity index (χ1) is 8.31. The van der Waals surface area contributed by atoms with Crippen molar-refractivity contribution in [2.45, 2.75) is 45.1 Å². The van der Waals surface area contributed by atoms with E-state index in [2.05, 4.69) is 12.2 Å². The normalized spacial score (nSPS) is 17.1. The highest BCUT2D eigenvalue weighted by molar-refractivity contribution is 5.21. The number of nitrogens with one attached hydrogen (secondary N) is 1. The highest BCUT2D eigenvalue weighted by Gasteiger charge is 2.23. The van der Waals surface area contributed by atoms with Crippen molar-refractivity contribution in [2.75, 3.05) is 6.54 Å². The maximum atomic E-state index is 13.8. The van der Waals surface area contributed by atoms with Gasteiger partial charge in [-0.15, -0.1) is 0 Å². The average Bonchev–Trinajstić information content (AvgIpc) is 3.15. The molecule has 1 atom stereocenters. The zero-order valence-electron chi connectivity index (χ0n) is 10.6. The molecule has 17 heavy (non-hydrogen) atoms. The van der Waals surface area contributed by atoms with Gasteiger partial charge in [-0.3, -0.25) is 0 Å². The molecule has 0 bridgehead atoms. The Morgan fingerprint density at radius 2 is 2.12 bits per heavy atom. The summed E-state index contributed by atoms with van der Waals surface area (Å²) in [5.74, 6) is 0.838. The molecule has 1 aliphatic carbocycles. The first-order valence-electron chi connectivity index (χ1n) is 6.79. The number of hydrogen-bond donors (Lipinski definition) is 1. The van der Waals surface area contributed by atoms with Gasteiger partial charge in [-0.25, -0.2) is 4.39 Å². The van der Waals surface area contributed by atoms with Crippen molar-refractivity contribution in [3.05, 3.63) is 35.6 Å². The van der Waals surface area contributed by atoms with Gasteiger partial charge in [-0.1, -0.05) is 38.0 Å². The molecule has 1 nitrogen and oxygen atoms in total. The Kier molecular flexibility index (Phi) is 4.55.